The van der Waals surface area contributed by atoms with Crippen LogP contribution in [0.25, 0.3) is 0 Å². The van der Waals surface area contributed by atoms with Crippen LogP contribution in [0.1, 0.15) is 47.0 Å². The van der Waals surface area contributed by atoms with Gasteiger partial charge in [-0.05, 0) is 39.2 Å². The molecule has 0 N–H and O–H groups in total. The van der Waals surface area contributed by atoms with Gasteiger partial charge in [0.2, 0.25) is 0 Å². The third kappa shape index (κ3) is 3.94. The third-order valence-corrected chi connectivity index (χ3v) is 3.41. The molecule has 2 nitrogen and oxygen atoms in total. The SMILES string of the molecule is CC(C)C(=O)CC1CCCN(C(C)C)C1. The Hall–Kier alpha value is -0.370. The average molecular weight is 211 g/mol. The maximum atomic E-state index is 11.7. The van der Waals surface area contributed by atoms with Gasteiger partial charge in [-0.2, -0.15) is 0 Å². The first kappa shape index (κ1) is 12.7. The van der Waals surface area contributed by atoms with Crippen molar-refractivity contribution in [2.24, 2.45) is 11.8 Å². The van der Waals surface area contributed by atoms with E-state index in [1.54, 1.807) is 0 Å². The van der Waals surface area contributed by atoms with Crippen molar-refractivity contribution in [3.8, 4) is 0 Å². The number of hydrogen-bond donors (Lipinski definition) is 0. The topological polar surface area (TPSA) is 20.3 Å². The van der Waals surface area contributed by atoms with Crippen molar-refractivity contribution in [3.63, 3.8) is 0 Å². The molecule has 0 aromatic rings. The lowest BCUT2D eigenvalue weighted by molar-refractivity contribution is -0.123. The Morgan fingerprint density at radius 2 is 2.00 bits per heavy atom. The van der Waals surface area contributed by atoms with Crippen molar-refractivity contribution in [2.75, 3.05) is 13.1 Å². The minimum atomic E-state index is 0.208. The highest BCUT2D eigenvalue weighted by Crippen LogP contribution is 2.22. The molecule has 0 aromatic heterocycles. The van der Waals surface area contributed by atoms with Gasteiger partial charge in [0.05, 0.1) is 0 Å². The summed E-state index contributed by atoms with van der Waals surface area (Å²) >= 11 is 0. The van der Waals surface area contributed by atoms with Gasteiger partial charge in [-0.1, -0.05) is 13.8 Å². The summed E-state index contributed by atoms with van der Waals surface area (Å²) in [6, 6.07) is 0.627. The highest BCUT2D eigenvalue weighted by Gasteiger charge is 2.24. The van der Waals surface area contributed by atoms with Gasteiger partial charge in [0.1, 0.15) is 5.78 Å². The number of likely N-dealkylation sites (tertiary alicyclic amines) is 1. The monoisotopic (exact) mass is 211 g/mol. The molecule has 1 unspecified atom stereocenters. The fraction of sp³-hybridized carbons (Fsp3) is 0.923. The molecular weight excluding hydrogens is 186 g/mol. The summed E-state index contributed by atoms with van der Waals surface area (Å²) in [5.74, 6) is 1.25. The van der Waals surface area contributed by atoms with E-state index in [1.807, 2.05) is 13.8 Å². The lowest BCUT2D eigenvalue weighted by Crippen LogP contribution is -2.40. The molecule has 0 spiro atoms. The van der Waals surface area contributed by atoms with Crippen LogP contribution < -0.4 is 0 Å². The molecule has 1 saturated heterocycles. The van der Waals surface area contributed by atoms with Crippen LogP contribution in [0, 0.1) is 11.8 Å². The second-order valence-corrected chi connectivity index (χ2v) is 5.42. The van der Waals surface area contributed by atoms with Crippen LogP contribution in [0.4, 0.5) is 0 Å². The van der Waals surface area contributed by atoms with E-state index >= 15 is 0 Å². The summed E-state index contributed by atoms with van der Waals surface area (Å²) < 4.78 is 0. The smallest absolute Gasteiger partial charge is 0.135 e. The van der Waals surface area contributed by atoms with Crippen LogP contribution in [0.2, 0.25) is 0 Å². The number of hydrogen-bond acceptors (Lipinski definition) is 2. The summed E-state index contributed by atoms with van der Waals surface area (Å²) in [5, 5.41) is 0. The van der Waals surface area contributed by atoms with Gasteiger partial charge < -0.3 is 4.90 Å². The molecule has 0 aliphatic carbocycles. The Labute approximate surface area is 94.0 Å². The number of Topliss-reactive ketones (excluding diaryl/α,β-unsaturated/α-hetero) is 1. The van der Waals surface area contributed by atoms with Gasteiger partial charge in [0.25, 0.3) is 0 Å². The molecule has 0 amide bonds. The molecule has 0 aromatic carbocycles. The first-order valence-corrected chi connectivity index (χ1v) is 6.27. The van der Waals surface area contributed by atoms with Gasteiger partial charge >= 0.3 is 0 Å². The molecule has 1 atom stereocenters. The summed E-state index contributed by atoms with van der Waals surface area (Å²) in [4.78, 5) is 14.2. The second-order valence-electron chi connectivity index (χ2n) is 5.42. The van der Waals surface area contributed by atoms with Crippen molar-refractivity contribution in [2.45, 2.75) is 53.0 Å². The number of rotatable bonds is 4. The molecule has 0 radical (unpaired) electrons. The lowest BCUT2D eigenvalue weighted by Gasteiger charge is -2.35. The quantitative estimate of drug-likeness (QED) is 0.712. The summed E-state index contributed by atoms with van der Waals surface area (Å²) in [5.41, 5.74) is 0. The van der Waals surface area contributed by atoms with Crippen LogP contribution in [-0.2, 0) is 4.79 Å². The molecule has 2 heteroatoms. The van der Waals surface area contributed by atoms with Crippen molar-refractivity contribution >= 4 is 5.78 Å². The lowest BCUT2D eigenvalue weighted by atomic mass is 9.89. The predicted octanol–water partition coefficient (Wildman–Crippen LogP) is 2.72. The second kappa shape index (κ2) is 5.64. The van der Waals surface area contributed by atoms with Gasteiger partial charge in [0, 0.05) is 24.9 Å². The predicted molar refractivity (Wildman–Crippen MR) is 63.9 cm³/mol. The normalized spacial score (nSPS) is 23.7. The zero-order valence-electron chi connectivity index (χ0n) is 10.6. The maximum absolute atomic E-state index is 11.7. The fourth-order valence-corrected chi connectivity index (χ4v) is 2.25. The van der Waals surface area contributed by atoms with E-state index in [1.165, 1.54) is 19.4 Å². The van der Waals surface area contributed by atoms with Gasteiger partial charge in [-0.3, -0.25) is 4.79 Å². The number of piperidine rings is 1. The first-order valence-electron chi connectivity index (χ1n) is 6.27. The Balaban J connectivity index is 2.39. The van der Waals surface area contributed by atoms with E-state index < -0.39 is 0 Å². The zero-order chi connectivity index (χ0) is 11.4. The van der Waals surface area contributed by atoms with Crippen LogP contribution in [0.15, 0.2) is 0 Å². The molecule has 0 saturated carbocycles. The van der Waals surface area contributed by atoms with E-state index in [9.17, 15) is 4.79 Å². The van der Waals surface area contributed by atoms with Crippen molar-refractivity contribution in [3.05, 3.63) is 0 Å². The number of carbonyl (C=O) groups excluding carboxylic acids is 1. The van der Waals surface area contributed by atoms with Crippen molar-refractivity contribution in [1.82, 2.24) is 4.90 Å². The summed E-state index contributed by atoms with van der Waals surface area (Å²) in [7, 11) is 0. The molecule has 15 heavy (non-hydrogen) atoms. The largest absolute Gasteiger partial charge is 0.301 e. The van der Waals surface area contributed by atoms with Gasteiger partial charge in [-0.25, -0.2) is 0 Å². The van der Waals surface area contributed by atoms with Crippen molar-refractivity contribution < 1.29 is 4.79 Å². The molecular formula is C13H25NO. The zero-order valence-corrected chi connectivity index (χ0v) is 10.6. The van der Waals surface area contributed by atoms with Gasteiger partial charge in [0.15, 0.2) is 0 Å². The highest BCUT2D eigenvalue weighted by atomic mass is 16.1. The Kier molecular flexibility index (Phi) is 4.78. The minimum absolute atomic E-state index is 0.208. The Morgan fingerprint density at radius 3 is 2.53 bits per heavy atom. The molecule has 1 fully saturated rings. The van der Waals surface area contributed by atoms with E-state index in [0.717, 1.165) is 13.0 Å². The molecule has 0 bridgehead atoms. The molecule has 1 rings (SSSR count). The molecule has 1 aliphatic rings. The van der Waals surface area contributed by atoms with E-state index in [2.05, 4.69) is 18.7 Å². The first-order chi connectivity index (χ1) is 7.00. The van der Waals surface area contributed by atoms with Crippen molar-refractivity contribution in [1.29, 1.82) is 0 Å². The Morgan fingerprint density at radius 1 is 1.33 bits per heavy atom. The van der Waals surface area contributed by atoms with Crippen LogP contribution in [-0.4, -0.2) is 29.8 Å². The number of ketones is 1. The summed E-state index contributed by atoms with van der Waals surface area (Å²) in [6.07, 6.45) is 3.29. The fourth-order valence-electron chi connectivity index (χ4n) is 2.25. The van der Waals surface area contributed by atoms with Gasteiger partial charge in [-0.15, -0.1) is 0 Å². The molecule has 88 valence electrons. The minimum Gasteiger partial charge on any atom is -0.301 e. The summed E-state index contributed by atoms with van der Waals surface area (Å²) in [6.45, 7) is 10.8. The third-order valence-electron chi connectivity index (χ3n) is 3.41. The van der Waals surface area contributed by atoms with Crippen LogP contribution in [0.5, 0.6) is 0 Å². The van der Waals surface area contributed by atoms with Crippen LogP contribution >= 0.6 is 0 Å². The number of carbonyl (C=O) groups is 1. The molecule has 1 heterocycles. The van der Waals surface area contributed by atoms with E-state index in [-0.39, 0.29) is 5.92 Å². The van der Waals surface area contributed by atoms with E-state index in [4.69, 9.17) is 0 Å². The van der Waals surface area contributed by atoms with E-state index in [0.29, 0.717) is 17.7 Å². The standard InChI is InChI=1S/C13H25NO/c1-10(2)13(15)8-12-6-5-7-14(9-12)11(3)4/h10-12H,5-9H2,1-4H3. The molecule has 1 aliphatic heterocycles. The number of nitrogens with zero attached hydrogens (tertiary/aromatic N) is 1. The Bertz CT molecular complexity index is 211. The average Bonchev–Trinajstić information content (AvgIpc) is 2.18. The highest BCUT2D eigenvalue weighted by molar-refractivity contribution is 5.80. The maximum Gasteiger partial charge on any atom is 0.135 e. The van der Waals surface area contributed by atoms with Crippen LogP contribution in [0.3, 0.4) is 0 Å².